The van der Waals surface area contributed by atoms with Gasteiger partial charge in [0.05, 0.1) is 9.95 Å². The highest BCUT2D eigenvalue weighted by molar-refractivity contribution is 7.21. The lowest BCUT2D eigenvalue weighted by Gasteiger charge is -1.95. The van der Waals surface area contributed by atoms with Crippen molar-refractivity contribution in [2.75, 3.05) is 0 Å². The van der Waals surface area contributed by atoms with Crippen LogP contribution >= 0.6 is 22.9 Å². The molecule has 0 aliphatic carbocycles. The minimum atomic E-state index is -0.591. The Labute approximate surface area is 156 Å². The maximum Gasteiger partial charge on any atom is 0.363 e. The number of nitro groups is 1. The number of aliphatic imine (C=N–C) groups is 1. The van der Waals surface area contributed by atoms with Gasteiger partial charge in [0.2, 0.25) is 5.90 Å². The highest BCUT2D eigenvalue weighted by Crippen LogP contribution is 2.37. The van der Waals surface area contributed by atoms with Crippen LogP contribution in [-0.4, -0.2) is 16.8 Å². The van der Waals surface area contributed by atoms with Crippen molar-refractivity contribution in [1.29, 1.82) is 0 Å². The summed E-state index contributed by atoms with van der Waals surface area (Å²) in [6.07, 6.45) is 1.51. The summed E-state index contributed by atoms with van der Waals surface area (Å²) in [7, 11) is 0. The summed E-state index contributed by atoms with van der Waals surface area (Å²) in [4.78, 5) is 27.2. The molecule has 8 heteroatoms. The number of esters is 1. The third kappa shape index (κ3) is 2.87. The van der Waals surface area contributed by atoms with Crippen LogP contribution in [0.2, 0.25) is 5.02 Å². The molecule has 0 saturated heterocycles. The summed E-state index contributed by atoms with van der Waals surface area (Å²) in [6, 6.07) is 13.4. The number of non-ortho nitro benzene ring substituents is 1. The number of carbonyl (C=O) groups excluding carboxylic acids is 1. The third-order valence-corrected chi connectivity index (χ3v) is 5.42. The average Bonchev–Trinajstić information content (AvgIpc) is 3.16. The second-order valence-corrected chi connectivity index (χ2v) is 6.86. The molecule has 0 unspecified atom stereocenters. The highest BCUT2D eigenvalue weighted by atomic mass is 35.5. The van der Waals surface area contributed by atoms with Crippen LogP contribution in [0.4, 0.5) is 5.69 Å². The van der Waals surface area contributed by atoms with Gasteiger partial charge in [-0.15, -0.1) is 11.3 Å². The van der Waals surface area contributed by atoms with Gasteiger partial charge in [-0.3, -0.25) is 10.1 Å². The standard InChI is InChI=1S/C18H9ClN2O4S/c19-15-12-3-1-2-4-14(12)26-16(15)17-20-13(18(22)25-17)9-10-5-7-11(8-6-10)21(23)24/h1-9H. The monoisotopic (exact) mass is 384 g/mol. The van der Waals surface area contributed by atoms with E-state index in [1.807, 2.05) is 24.3 Å². The van der Waals surface area contributed by atoms with Gasteiger partial charge < -0.3 is 4.74 Å². The van der Waals surface area contributed by atoms with Crippen LogP contribution in [0, 0.1) is 10.1 Å². The van der Waals surface area contributed by atoms with Crippen molar-refractivity contribution in [3.8, 4) is 0 Å². The number of hydrogen-bond acceptors (Lipinski definition) is 6. The van der Waals surface area contributed by atoms with Gasteiger partial charge in [0.1, 0.15) is 4.88 Å². The summed E-state index contributed by atoms with van der Waals surface area (Å²) in [5, 5.41) is 12.1. The Morgan fingerprint density at radius 1 is 1.15 bits per heavy atom. The number of hydrogen-bond donors (Lipinski definition) is 0. The molecule has 128 valence electrons. The molecule has 0 N–H and O–H groups in total. The lowest BCUT2D eigenvalue weighted by molar-refractivity contribution is -0.384. The first-order valence-electron chi connectivity index (χ1n) is 7.47. The smallest absolute Gasteiger partial charge is 0.363 e. The number of nitrogens with zero attached hydrogens (tertiary/aromatic N) is 2. The lowest BCUT2D eigenvalue weighted by atomic mass is 10.2. The topological polar surface area (TPSA) is 81.8 Å². The maximum atomic E-state index is 12.1. The number of fused-ring (bicyclic) bond motifs is 1. The Kier molecular flexibility index (Phi) is 4.02. The Morgan fingerprint density at radius 3 is 2.58 bits per heavy atom. The zero-order chi connectivity index (χ0) is 18.3. The number of carbonyl (C=O) groups is 1. The Hall–Kier alpha value is -3.03. The number of thiophene rings is 1. The highest BCUT2D eigenvalue weighted by Gasteiger charge is 2.27. The molecule has 0 radical (unpaired) electrons. The fourth-order valence-corrected chi connectivity index (χ4v) is 3.95. The molecule has 0 spiro atoms. The van der Waals surface area contributed by atoms with E-state index in [1.54, 1.807) is 12.1 Å². The van der Waals surface area contributed by atoms with Gasteiger partial charge in [0.15, 0.2) is 5.70 Å². The Balaban J connectivity index is 1.70. The lowest BCUT2D eigenvalue weighted by Crippen LogP contribution is -2.04. The molecule has 0 amide bonds. The first-order valence-corrected chi connectivity index (χ1v) is 8.67. The average molecular weight is 385 g/mol. The fourth-order valence-electron chi connectivity index (χ4n) is 2.51. The molecule has 4 rings (SSSR count). The van der Waals surface area contributed by atoms with Crippen molar-refractivity contribution in [2.24, 2.45) is 4.99 Å². The SMILES string of the molecule is O=C1OC(c2sc3ccccc3c2Cl)=NC1=Cc1ccc([N+](=O)[O-])cc1. The van der Waals surface area contributed by atoms with E-state index in [0.29, 0.717) is 15.5 Å². The quantitative estimate of drug-likeness (QED) is 0.281. The molecular weight excluding hydrogens is 376 g/mol. The van der Waals surface area contributed by atoms with Gasteiger partial charge in [-0.25, -0.2) is 9.79 Å². The molecule has 1 aromatic heterocycles. The fraction of sp³-hybridized carbons (Fsp3) is 0. The van der Waals surface area contributed by atoms with E-state index in [9.17, 15) is 14.9 Å². The van der Waals surface area contributed by atoms with Crippen molar-refractivity contribution in [1.82, 2.24) is 0 Å². The Morgan fingerprint density at radius 2 is 1.88 bits per heavy atom. The van der Waals surface area contributed by atoms with Gasteiger partial charge in [-0.1, -0.05) is 29.8 Å². The third-order valence-electron chi connectivity index (χ3n) is 3.76. The van der Waals surface area contributed by atoms with Gasteiger partial charge in [0.25, 0.3) is 5.69 Å². The van der Waals surface area contributed by atoms with Gasteiger partial charge in [-0.2, -0.15) is 0 Å². The molecule has 6 nitrogen and oxygen atoms in total. The summed E-state index contributed by atoms with van der Waals surface area (Å²) in [5.41, 5.74) is 0.694. The van der Waals surface area contributed by atoms with Gasteiger partial charge in [-0.05, 0) is 29.8 Å². The van der Waals surface area contributed by atoms with E-state index in [-0.39, 0.29) is 17.3 Å². The zero-order valence-corrected chi connectivity index (χ0v) is 14.6. The van der Waals surface area contributed by atoms with Crippen molar-refractivity contribution in [2.45, 2.75) is 0 Å². The minimum absolute atomic E-state index is 0.0256. The van der Waals surface area contributed by atoms with Crippen LogP contribution in [0.1, 0.15) is 10.4 Å². The van der Waals surface area contributed by atoms with Crippen LogP contribution < -0.4 is 0 Å². The summed E-state index contributed by atoms with van der Waals surface area (Å²) in [5.74, 6) is -0.429. The Bertz CT molecular complexity index is 1120. The number of nitro benzene ring substituents is 1. The largest absolute Gasteiger partial charge is 0.401 e. The number of halogens is 1. The zero-order valence-electron chi connectivity index (χ0n) is 13.0. The molecule has 0 saturated carbocycles. The molecular formula is C18H9ClN2O4S. The maximum absolute atomic E-state index is 12.1. The molecule has 1 aliphatic rings. The summed E-state index contributed by atoms with van der Waals surface area (Å²) in [6.45, 7) is 0. The van der Waals surface area contributed by atoms with Crippen molar-refractivity contribution in [3.05, 3.63) is 79.8 Å². The predicted octanol–water partition coefficient (Wildman–Crippen LogP) is 4.81. The van der Waals surface area contributed by atoms with E-state index < -0.39 is 10.9 Å². The summed E-state index contributed by atoms with van der Waals surface area (Å²) >= 11 is 7.79. The predicted molar refractivity (Wildman–Crippen MR) is 101 cm³/mol. The van der Waals surface area contributed by atoms with Crippen LogP contribution in [0.5, 0.6) is 0 Å². The molecule has 26 heavy (non-hydrogen) atoms. The first kappa shape index (κ1) is 16.4. The van der Waals surface area contributed by atoms with E-state index in [4.69, 9.17) is 16.3 Å². The van der Waals surface area contributed by atoms with Gasteiger partial charge >= 0.3 is 5.97 Å². The van der Waals surface area contributed by atoms with Crippen LogP contribution in [0.3, 0.4) is 0 Å². The van der Waals surface area contributed by atoms with Crippen LogP contribution in [-0.2, 0) is 9.53 Å². The second kappa shape index (κ2) is 6.36. The van der Waals surface area contributed by atoms with Gasteiger partial charge in [0, 0.05) is 22.2 Å². The minimum Gasteiger partial charge on any atom is -0.401 e. The summed E-state index contributed by atoms with van der Waals surface area (Å²) < 4.78 is 6.24. The van der Waals surface area contributed by atoms with E-state index in [0.717, 1.165) is 10.1 Å². The van der Waals surface area contributed by atoms with Crippen molar-refractivity contribution < 1.29 is 14.5 Å². The van der Waals surface area contributed by atoms with Crippen molar-refractivity contribution >= 4 is 56.7 Å². The number of ether oxygens (including phenoxy) is 1. The number of rotatable bonds is 3. The number of cyclic esters (lactones) is 1. The molecule has 0 atom stereocenters. The molecule has 2 aromatic carbocycles. The molecule has 2 heterocycles. The van der Waals surface area contributed by atoms with E-state index in [2.05, 4.69) is 4.99 Å². The second-order valence-electron chi connectivity index (χ2n) is 5.43. The number of benzene rings is 2. The normalized spacial score (nSPS) is 15.3. The first-order chi connectivity index (χ1) is 12.5. The molecule has 1 aliphatic heterocycles. The van der Waals surface area contributed by atoms with E-state index >= 15 is 0 Å². The molecule has 0 fully saturated rings. The van der Waals surface area contributed by atoms with Crippen LogP contribution in [0.25, 0.3) is 16.2 Å². The van der Waals surface area contributed by atoms with Crippen molar-refractivity contribution in [3.63, 3.8) is 0 Å². The van der Waals surface area contributed by atoms with E-state index in [1.165, 1.54) is 29.5 Å². The molecule has 0 bridgehead atoms. The molecule has 3 aromatic rings. The van der Waals surface area contributed by atoms with Crippen LogP contribution in [0.15, 0.2) is 59.2 Å².